The molecule has 2 nitrogen and oxygen atoms in total. The van der Waals surface area contributed by atoms with Gasteiger partial charge in [-0.25, -0.2) is 0 Å². The van der Waals surface area contributed by atoms with Crippen molar-refractivity contribution >= 4 is 12.0 Å². The second-order valence-electron chi connectivity index (χ2n) is 9.56. The maximum Gasteiger partial charge on any atom is 0.155 e. The van der Waals surface area contributed by atoms with E-state index in [0.29, 0.717) is 17.2 Å². The summed E-state index contributed by atoms with van der Waals surface area (Å²) in [7, 11) is 0. The van der Waals surface area contributed by atoms with Crippen molar-refractivity contribution < 1.29 is 4.79 Å². The normalized spacial score (nSPS) is 42.9. The molecule has 0 aromatic carbocycles. The average Bonchev–Trinajstić information content (AvgIpc) is 3.42. The summed E-state index contributed by atoms with van der Waals surface area (Å²) in [6.45, 7) is 6.58. The molecule has 0 amide bonds. The zero-order valence-electron chi connectivity index (χ0n) is 17.0. The van der Waals surface area contributed by atoms with Gasteiger partial charge in [0.2, 0.25) is 0 Å². The fraction of sp³-hybridized carbons (Fsp3) is 0.840. The van der Waals surface area contributed by atoms with Crippen molar-refractivity contribution in [2.75, 3.05) is 0 Å². The van der Waals surface area contributed by atoms with E-state index in [9.17, 15) is 4.79 Å². The summed E-state index contributed by atoms with van der Waals surface area (Å²) < 4.78 is 0. The average molecular weight is 372 g/mol. The summed E-state index contributed by atoms with van der Waals surface area (Å²) in [5, 5.41) is 0. The molecular weight excluding hydrogens is 330 g/mol. The largest absolute Gasteiger partial charge is 0.295 e. The molecule has 5 aliphatic rings. The lowest BCUT2D eigenvalue weighted by Gasteiger charge is -2.53. The van der Waals surface area contributed by atoms with Crippen LogP contribution in [-0.2, 0) is 4.79 Å². The van der Waals surface area contributed by atoms with Gasteiger partial charge in [0.25, 0.3) is 0 Å². The Kier molecular flexibility index (Phi) is 6.33. The van der Waals surface area contributed by atoms with Crippen LogP contribution < -0.4 is 0 Å². The smallest absolute Gasteiger partial charge is 0.155 e. The van der Waals surface area contributed by atoms with E-state index in [1.54, 1.807) is 0 Å². The van der Waals surface area contributed by atoms with Crippen molar-refractivity contribution in [1.82, 2.24) is 0 Å². The van der Waals surface area contributed by atoms with Crippen molar-refractivity contribution in [3.8, 4) is 0 Å². The van der Waals surface area contributed by atoms with Crippen molar-refractivity contribution in [3.05, 3.63) is 11.6 Å². The first kappa shape index (κ1) is 20.8. The third-order valence-electron chi connectivity index (χ3n) is 8.40. The van der Waals surface area contributed by atoms with Gasteiger partial charge in [0, 0.05) is 18.7 Å². The number of fused-ring (bicyclic) bond motifs is 5. The molecule has 0 aromatic rings. The minimum atomic E-state index is 0. The predicted molar refractivity (Wildman–Crippen MR) is 115 cm³/mol. The Hall–Kier alpha value is -0.920. The maximum absolute atomic E-state index is 11.8. The predicted octanol–water partition coefficient (Wildman–Crippen LogP) is 6.64. The monoisotopic (exact) mass is 371 g/mol. The van der Waals surface area contributed by atoms with Crippen molar-refractivity contribution in [2.24, 2.45) is 40.0 Å². The van der Waals surface area contributed by atoms with Gasteiger partial charge >= 0.3 is 0 Å². The van der Waals surface area contributed by atoms with Crippen LogP contribution in [0.15, 0.2) is 16.6 Å². The van der Waals surface area contributed by atoms with Crippen LogP contribution in [0.2, 0.25) is 0 Å². The quantitative estimate of drug-likeness (QED) is 0.500. The van der Waals surface area contributed by atoms with E-state index < -0.39 is 0 Å². The molecule has 0 saturated heterocycles. The van der Waals surface area contributed by atoms with E-state index in [-0.39, 0.29) is 7.43 Å². The lowest BCUT2D eigenvalue weighted by atomic mass is 9.51. The molecule has 5 aliphatic carbocycles. The second kappa shape index (κ2) is 8.21. The summed E-state index contributed by atoms with van der Waals surface area (Å²) in [5.41, 5.74) is 2.02. The van der Waals surface area contributed by atoms with Crippen molar-refractivity contribution in [3.63, 3.8) is 0 Å². The Labute approximate surface area is 167 Å². The Balaban J connectivity index is 0.000000680. The highest BCUT2D eigenvalue weighted by molar-refractivity contribution is 5.91. The third-order valence-corrected chi connectivity index (χ3v) is 8.40. The highest BCUT2D eigenvalue weighted by atomic mass is 16.1. The fourth-order valence-corrected chi connectivity index (χ4v) is 6.92. The van der Waals surface area contributed by atoms with Crippen LogP contribution in [0.25, 0.3) is 0 Å². The standard InChI is InChI=1S/C22H31NO.C2H6.CH4/c1-22-11-10-19-18-8-6-17(24)12-14(18)2-7-20(19)21(22)9-3-15(22)13-23-16-4-5-16;1-2;/h12-13,15-16,18-21H,2-11H2,1H3;1-2H3;1H4. The molecular formula is C25H41NO. The number of carbonyl (C=O) groups is 1. The number of aliphatic imine (C=N–C) groups is 1. The van der Waals surface area contributed by atoms with Crippen molar-refractivity contribution in [2.45, 2.75) is 98.4 Å². The molecule has 0 spiro atoms. The van der Waals surface area contributed by atoms with E-state index in [1.165, 1.54) is 56.9 Å². The molecule has 5 rings (SSSR count). The van der Waals surface area contributed by atoms with Gasteiger partial charge in [0.1, 0.15) is 0 Å². The summed E-state index contributed by atoms with van der Waals surface area (Å²) in [6, 6.07) is 0.672. The van der Waals surface area contributed by atoms with E-state index in [1.807, 2.05) is 19.9 Å². The van der Waals surface area contributed by atoms with Gasteiger partial charge in [-0.05, 0) is 98.9 Å². The van der Waals surface area contributed by atoms with Gasteiger partial charge in [-0.2, -0.15) is 0 Å². The number of rotatable bonds is 2. The fourth-order valence-electron chi connectivity index (χ4n) is 6.92. The molecule has 0 radical (unpaired) electrons. The maximum atomic E-state index is 11.8. The zero-order chi connectivity index (χ0) is 18.3. The molecule has 0 heterocycles. The highest BCUT2D eigenvalue weighted by Gasteiger charge is 2.55. The van der Waals surface area contributed by atoms with Crippen LogP contribution in [0.4, 0.5) is 0 Å². The minimum absolute atomic E-state index is 0. The van der Waals surface area contributed by atoms with Gasteiger partial charge in [-0.3, -0.25) is 9.79 Å². The SMILES string of the molecule is C.CC.CC12CCC3C4CCC(=O)C=C4CCC3C1CCC2C=NC1CC1. The number of hydrogen-bond donors (Lipinski definition) is 0. The number of ketones is 1. The minimum Gasteiger partial charge on any atom is -0.295 e. The Morgan fingerprint density at radius 2 is 1.78 bits per heavy atom. The molecule has 0 bridgehead atoms. The molecule has 0 N–H and O–H groups in total. The first-order valence-electron chi connectivity index (χ1n) is 11.4. The molecule has 152 valence electrons. The second-order valence-corrected chi connectivity index (χ2v) is 9.56. The van der Waals surface area contributed by atoms with Crippen LogP contribution in [0.3, 0.4) is 0 Å². The molecule has 6 atom stereocenters. The Bertz CT molecular complexity index is 601. The molecule has 0 aliphatic heterocycles. The first-order chi connectivity index (χ1) is 12.6. The van der Waals surface area contributed by atoms with Crippen LogP contribution in [0.1, 0.15) is 92.4 Å². The summed E-state index contributed by atoms with van der Waals surface area (Å²) in [4.78, 5) is 16.7. The molecule has 4 fully saturated rings. The number of carbonyl (C=O) groups excluding carboxylic acids is 1. The molecule has 4 saturated carbocycles. The van der Waals surface area contributed by atoms with Gasteiger partial charge in [-0.1, -0.05) is 33.8 Å². The van der Waals surface area contributed by atoms with E-state index >= 15 is 0 Å². The van der Waals surface area contributed by atoms with Crippen LogP contribution in [0, 0.1) is 35.0 Å². The van der Waals surface area contributed by atoms with Crippen molar-refractivity contribution in [1.29, 1.82) is 0 Å². The van der Waals surface area contributed by atoms with Gasteiger partial charge < -0.3 is 0 Å². The number of allylic oxidation sites excluding steroid dienone is 1. The summed E-state index contributed by atoms with van der Waals surface area (Å²) in [5.74, 6) is 4.55. The Morgan fingerprint density at radius 1 is 1.00 bits per heavy atom. The lowest BCUT2D eigenvalue weighted by molar-refractivity contribution is -0.116. The topological polar surface area (TPSA) is 29.4 Å². The van der Waals surface area contributed by atoms with E-state index in [4.69, 9.17) is 4.99 Å². The van der Waals surface area contributed by atoms with E-state index in [2.05, 4.69) is 13.1 Å². The number of nitrogens with zero attached hydrogens (tertiary/aromatic N) is 1. The van der Waals surface area contributed by atoms with Gasteiger partial charge in [0.05, 0.1) is 0 Å². The molecule has 2 heteroatoms. The van der Waals surface area contributed by atoms with Crippen LogP contribution in [-0.4, -0.2) is 18.0 Å². The molecule has 27 heavy (non-hydrogen) atoms. The van der Waals surface area contributed by atoms with Gasteiger partial charge in [-0.15, -0.1) is 0 Å². The molecule has 6 unspecified atom stereocenters. The molecule has 0 aromatic heterocycles. The first-order valence-corrected chi connectivity index (χ1v) is 11.4. The zero-order valence-corrected chi connectivity index (χ0v) is 17.0. The third kappa shape index (κ3) is 3.70. The Morgan fingerprint density at radius 3 is 2.52 bits per heavy atom. The number of hydrogen-bond acceptors (Lipinski definition) is 2. The highest BCUT2D eigenvalue weighted by Crippen LogP contribution is 2.63. The summed E-state index contributed by atoms with van der Waals surface area (Å²) >= 11 is 0. The lowest BCUT2D eigenvalue weighted by Crippen LogP contribution is -2.46. The van der Waals surface area contributed by atoms with Crippen LogP contribution in [0.5, 0.6) is 0 Å². The summed E-state index contributed by atoms with van der Waals surface area (Å²) in [6.07, 6.45) is 17.1. The van der Waals surface area contributed by atoms with E-state index in [0.717, 1.165) is 42.4 Å². The van der Waals surface area contributed by atoms with Crippen LogP contribution >= 0.6 is 0 Å². The van der Waals surface area contributed by atoms with Gasteiger partial charge in [0.15, 0.2) is 5.78 Å².